The number of nitrogens with one attached hydrogen (secondary N) is 2. The average molecular weight is 287 g/mol. The van der Waals surface area contributed by atoms with Crippen molar-refractivity contribution in [3.8, 4) is 0 Å². The molecular formula is C11H21N5O2S. The smallest absolute Gasteiger partial charge is 0.158 e. The fraction of sp³-hybridized carbons (Fsp3) is 0.636. The van der Waals surface area contributed by atoms with Crippen LogP contribution in [0.3, 0.4) is 0 Å². The van der Waals surface area contributed by atoms with Gasteiger partial charge in [0.15, 0.2) is 5.82 Å². The Morgan fingerprint density at radius 1 is 1.42 bits per heavy atom. The predicted molar refractivity (Wildman–Crippen MR) is 77.2 cm³/mol. The van der Waals surface area contributed by atoms with Crippen LogP contribution in [0.2, 0.25) is 0 Å². The Morgan fingerprint density at radius 2 is 2.16 bits per heavy atom. The maximum absolute atomic E-state index is 10.9. The molecule has 0 spiro atoms. The van der Waals surface area contributed by atoms with Crippen molar-refractivity contribution in [1.82, 2.24) is 9.97 Å². The van der Waals surface area contributed by atoms with Crippen molar-refractivity contribution < 1.29 is 8.95 Å². The molecule has 0 bridgehead atoms. The third kappa shape index (κ3) is 6.46. The van der Waals surface area contributed by atoms with E-state index in [9.17, 15) is 4.21 Å². The number of hydrazine groups is 1. The molecule has 1 aromatic heterocycles. The number of nitrogens with zero attached hydrogens (tertiary/aromatic N) is 2. The quantitative estimate of drug-likeness (QED) is 0.345. The summed E-state index contributed by atoms with van der Waals surface area (Å²) in [4.78, 5) is 8.50. The number of rotatable bonds is 9. The van der Waals surface area contributed by atoms with Crippen LogP contribution in [0, 0.1) is 0 Å². The molecule has 0 fully saturated rings. The van der Waals surface area contributed by atoms with Crippen LogP contribution in [0.4, 0.5) is 11.6 Å². The Balaban J connectivity index is 2.57. The van der Waals surface area contributed by atoms with Gasteiger partial charge in [0.1, 0.15) is 18.2 Å². The molecule has 0 radical (unpaired) electrons. The average Bonchev–Trinajstić information content (AvgIpc) is 2.41. The van der Waals surface area contributed by atoms with E-state index in [4.69, 9.17) is 10.6 Å². The van der Waals surface area contributed by atoms with E-state index in [0.717, 1.165) is 6.42 Å². The van der Waals surface area contributed by atoms with Gasteiger partial charge in [-0.15, -0.1) is 0 Å². The van der Waals surface area contributed by atoms with Gasteiger partial charge in [0.25, 0.3) is 0 Å². The molecule has 0 saturated carbocycles. The molecule has 8 heteroatoms. The monoisotopic (exact) mass is 287 g/mol. The predicted octanol–water partition coefficient (Wildman–Crippen LogP) is 0.479. The summed E-state index contributed by atoms with van der Waals surface area (Å²) in [6.45, 7) is 3.57. The zero-order valence-electron chi connectivity index (χ0n) is 11.3. The molecular weight excluding hydrogens is 266 g/mol. The van der Waals surface area contributed by atoms with Crippen molar-refractivity contribution in [1.29, 1.82) is 0 Å². The SMILES string of the molecule is CCOCc1nc(NN)cc(NCCCS(C)=O)n1. The minimum absolute atomic E-state index is 0.347. The number of nitrogens with two attached hydrogens (primary N) is 1. The molecule has 4 N–H and O–H groups in total. The fourth-order valence-corrected chi connectivity index (χ4v) is 1.96. The minimum atomic E-state index is -0.763. The summed E-state index contributed by atoms with van der Waals surface area (Å²) in [5.74, 6) is 7.82. The molecule has 0 aliphatic heterocycles. The Hall–Kier alpha value is -1.25. The van der Waals surface area contributed by atoms with Crippen molar-refractivity contribution in [3.63, 3.8) is 0 Å². The van der Waals surface area contributed by atoms with Crippen LogP contribution in [0.5, 0.6) is 0 Å². The zero-order chi connectivity index (χ0) is 14.1. The van der Waals surface area contributed by atoms with Gasteiger partial charge in [-0.2, -0.15) is 0 Å². The van der Waals surface area contributed by atoms with Gasteiger partial charge < -0.3 is 15.5 Å². The molecule has 7 nitrogen and oxygen atoms in total. The first-order valence-corrected chi connectivity index (χ1v) is 7.84. The van der Waals surface area contributed by atoms with Crippen LogP contribution in [0.15, 0.2) is 6.07 Å². The number of nitrogen functional groups attached to an aromatic ring is 1. The van der Waals surface area contributed by atoms with E-state index in [1.54, 1.807) is 12.3 Å². The number of hydrogen-bond acceptors (Lipinski definition) is 7. The number of ether oxygens (including phenoxy) is 1. The van der Waals surface area contributed by atoms with Crippen molar-refractivity contribution >= 4 is 22.4 Å². The molecule has 1 atom stereocenters. The van der Waals surface area contributed by atoms with Crippen LogP contribution in [-0.4, -0.2) is 39.3 Å². The highest BCUT2D eigenvalue weighted by Crippen LogP contribution is 2.11. The lowest BCUT2D eigenvalue weighted by molar-refractivity contribution is 0.128. The molecule has 1 aromatic rings. The molecule has 1 unspecified atom stereocenters. The van der Waals surface area contributed by atoms with Gasteiger partial charge in [-0.1, -0.05) is 0 Å². The first-order valence-electron chi connectivity index (χ1n) is 6.12. The van der Waals surface area contributed by atoms with Crippen molar-refractivity contribution in [2.75, 3.05) is 35.9 Å². The largest absolute Gasteiger partial charge is 0.374 e. The second-order valence-electron chi connectivity index (χ2n) is 3.89. The van der Waals surface area contributed by atoms with E-state index in [1.807, 2.05) is 6.92 Å². The Bertz CT molecular complexity index is 416. The van der Waals surface area contributed by atoms with E-state index >= 15 is 0 Å². The van der Waals surface area contributed by atoms with E-state index in [0.29, 0.717) is 43.0 Å². The lowest BCUT2D eigenvalue weighted by Crippen LogP contribution is -2.14. The molecule has 1 rings (SSSR count). The second-order valence-corrected chi connectivity index (χ2v) is 5.45. The molecule has 1 heterocycles. The third-order valence-corrected chi connectivity index (χ3v) is 3.13. The number of hydrogen-bond donors (Lipinski definition) is 3. The summed E-state index contributed by atoms with van der Waals surface area (Å²) in [5, 5.41) is 3.15. The Kier molecular flexibility index (Phi) is 7.31. The summed E-state index contributed by atoms with van der Waals surface area (Å²) in [6, 6.07) is 1.72. The lowest BCUT2D eigenvalue weighted by atomic mass is 10.4. The zero-order valence-corrected chi connectivity index (χ0v) is 12.1. The van der Waals surface area contributed by atoms with E-state index in [2.05, 4.69) is 20.7 Å². The standard InChI is InChI=1S/C11H21N5O2S/c1-3-18-8-11-14-9(7-10(15-11)16-12)13-5-4-6-19(2)17/h7H,3-6,8,12H2,1-2H3,(H2,13,14,15,16). The summed E-state index contributed by atoms with van der Waals surface area (Å²) in [5.41, 5.74) is 2.50. The van der Waals surface area contributed by atoms with Crippen molar-refractivity contribution in [2.45, 2.75) is 20.0 Å². The number of anilines is 2. The van der Waals surface area contributed by atoms with Gasteiger partial charge in [0.05, 0.1) is 0 Å². The van der Waals surface area contributed by atoms with Gasteiger partial charge in [-0.05, 0) is 13.3 Å². The third-order valence-electron chi connectivity index (χ3n) is 2.27. The van der Waals surface area contributed by atoms with Gasteiger partial charge in [-0.25, -0.2) is 15.8 Å². The van der Waals surface area contributed by atoms with Crippen molar-refractivity contribution in [3.05, 3.63) is 11.9 Å². The summed E-state index contributed by atoms with van der Waals surface area (Å²) in [6.07, 6.45) is 2.51. The molecule has 108 valence electrons. The Morgan fingerprint density at radius 3 is 2.79 bits per heavy atom. The molecule has 0 aliphatic carbocycles. The lowest BCUT2D eigenvalue weighted by Gasteiger charge is -2.09. The summed E-state index contributed by atoms with van der Waals surface area (Å²) < 4.78 is 16.2. The number of aromatic nitrogens is 2. The summed E-state index contributed by atoms with van der Waals surface area (Å²) >= 11 is 0. The molecule has 0 aliphatic rings. The highest BCUT2D eigenvalue weighted by molar-refractivity contribution is 7.84. The first-order chi connectivity index (χ1) is 9.15. The van der Waals surface area contributed by atoms with Crippen LogP contribution in [-0.2, 0) is 22.1 Å². The molecule has 19 heavy (non-hydrogen) atoms. The molecule has 0 aromatic carbocycles. The highest BCUT2D eigenvalue weighted by atomic mass is 32.2. The van der Waals surface area contributed by atoms with Gasteiger partial charge in [0, 0.05) is 42.0 Å². The maximum atomic E-state index is 10.9. The minimum Gasteiger partial charge on any atom is -0.374 e. The van der Waals surface area contributed by atoms with Crippen LogP contribution in [0.1, 0.15) is 19.2 Å². The van der Waals surface area contributed by atoms with Gasteiger partial charge in [-0.3, -0.25) is 4.21 Å². The second kappa shape index (κ2) is 8.78. The van der Waals surface area contributed by atoms with Gasteiger partial charge >= 0.3 is 0 Å². The highest BCUT2D eigenvalue weighted by Gasteiger charge is 2.04. The van der Waals surface area contributed by atoms with Gasteiger partial charge in [0.2, 0.25) is 0 Å². The van der Waals surface area contributed by atoms with Crippen LogP contribution in [0.25, 0.3) is 0 Å². The fourth-order valence-electron chi connectivity index (χ4n) is 1.41. The molecule has 0 saturated heterocycles. The van der Waals surface area contributed by atoms with E-state index in [1.165, 1.54) is 0 Å². The van der Waals surface area contributed by atoms with E-state index < -0.39 is 10.8 Å². The Labute approximate surface area is 115 Å². The summed E-state index contributed by atoms with van der Waals surface area (Å²) in [7, 11) is -0.763. The van der Waals surface area contributed by atoms with Crippen LogP contribution < -0.4 is 16.6 Å². The normalized spacial score (nSPS) is 12.2. The van der Waals surface area contributed by atoms with Crippen molar-refractivity contribution in [2.24, 2.45) is 5.84 Å². The first kappa shape index (κ1) is 15.8. The molecule has 0 amide bonds. The topological polar surface area (TPSA) is 102 Å². The van der Waals surface area contributed by atoms with Crippen LogP contribution >= 0.6 is 0 Å². The van der Waals surface area contributed by atoms with E-state index in [-0.39, 0.29) is 0 Å². The maximum Gasteiger partial charge on any atom is 0.158 e.